The number of rotatable bonds is 2. The van der Waals surface area contributed by atoms with Crippen LogP contribution in [0.1, 0.15) is 42.6 Å². The summed E-state index contributed by atoms with van der Waals surface area (Å²) in [6, 6.07) is 2.19. The highest BCUT2D eigenvalue weighted by Gasteiger charge is 2.46. The number of hydrogen-bond acceptors (Lipinski definition) is 3. The summed E-state index contributed by atoms with van der Waals surface area (Å²) in [5, 5.41) is 15.1. The second-order valence-electron chi connectivity index (χ2n) is 6.36. The van der Waals surface area contributed by atoms with Gasteiger partial charge in [0.1, 0.15) is 5.54 Å². The average Bonchev–Trinajstić information content (AvgIpc) is 2.88. The highest BCUT2D eigenvalue weighted by atomic mass is 19.4. The molecule has 1 fully saturated rings. The van der Waals surface area contributed by atoms with E-state index in [1.54, 1.807) is 7.05 Å². The molecule has 1 N–H and O–H groups in total. The first-order valence-electron chi connectivity index (χ1n) is 7.61. The minimum atomic E-state index is -4.53. The molecule has 0 spiro atoms. The summed E-state index contributed by atoms with van der Waals surface area (Å²) < 4.78 is 38.9. The van der Waals surface area contributed by atoms with Crippen LogP contribution in [0.25, 0.3) is 0 Å². The third-order valence-electron chi connectivity index (χ3n) is 5.13. The van der Waals surface area contributed by atoms with Crippen LogP contribution in [0, 0.1) is 17.2 Å². The summed E-state index contributed by atoms with van der Waals surface area (Å²) in [6.45, 7) is 0. The van der Waals surface area contributed by atoms with Crippen molar-refractivity contribution >= 4 is 5.91 Å². The highest BCUT2D eigenvalue weighted by Crippen LogP contribution is 2.40. The number of aromatic amines is 1. The van der Waals surface area contributed by atoms with Crippen LogP contribution in [0.5, 0.6) is 0 Å². The maximum absolute atomic E-state index is 13.0. The van der Waals surface area contributed by atoms with Gasteiger partial charge in [0, 0.05) is 24.2 Å². The van der Waals surface area contributed by atoms with Crippen LogP contribution in [-0.4, -0.2) is 33.6 Å². The van der Waals surface area contributed by atoms with Crippen molar-refractivity contribution in [2.75, 3.05) is 7.05 Å². The van der Waals surface area contributed by atoms with E-state index in [4.69, 9.17) is 0 Å². The Hall–Kier alpha value is -2.04. The van der Waals surface area contributed by atoms with Gasteiger partial charge in [-0.3, -0.25) is 9.89 Å². The molecule has 1 saturated carbocycles. The number of amides is 1. The Morgan fingerprint density at radius 1 is 1.48 bits per heavy atom. The van der Waals surface area contributed by atoms with Gasteiger partial charge in [-0.05, 0) is 38.5 Å². The van der Waals surface area contributed by atoms with Gasteiger partial charge in [-0.1, -0.05) is 0 Å². The largest absolute Gasteiger partial charge is 0.435 e. The predicted octanol–water partition coefficient (Wildman–Crippen LogP) is 2.44. The fourth-order valence-corrected chi connectivity index (χ4v) is 3.46. The quantitative estimate of drug-likeness (QED) is 0.907. The molecule has 124 valence electrons. The Kier molecular flexibility index (Phi) is 3.62. The predicted molar refractivity (Wildman–Crippen MR) is 74.1 cm³/mol. The van der Waals surface area contributed by atoms with Gasteiger partial charge < -0.3 is 4.90 Å². The normalized spacial score (nSPS) is 22.7. The first-order valence-corrected chi connectivity index (χ1v) is 7.61. The minimum Gasteiger partial charge on any atom is -0.327 e. The monoisotopic (exact) mass is 326 g/mol. The number of fused-ring (bicyclic) bond motifs is 1. The second-order valence-corrected chi connectivity index (χ2v) is 6.36. The van der Waals surface area contributed by atoms with Crippen LogP contribution in [0.2, 0.25) is 0 Å². The molecule has 0 saturated heterocycles. The topological polar surface area (TPSA) is 72.8 Å². The van der Waals surface area contributed by atoms with Gasteiger partial charge in [-0.25, -0.2) is 0 Å². The number of carbonyl (C=O) groups is 1. The maximum Gasteiger partial charge on any atom is 0.435 e. The van der Waals surface area contributed by atoms with E-state index in [1.807, 2.05) is 0 Å². The molecule has 1 heterocycles. The van der Waals surface area contributed by atoms with Gasteiger partial charge in [0.05, 0.1) is 6.07 Å². The minimum absolute atomic E-state index is 0.0192. The van der Waals surface area contributed by atoms with Crippen molar-refractivity contribution in [2.24, 2.45) is 5.92 Å². The molecule has 1 amide bonds. The molecular formula is C15H17F3N4O. The number of aryl methyl sites for hydroxylation is 1. The van der Waals surface area contributed by atoms with E-state index in [2.05, 4.69) is 16.3 Å². The highest BCUT2D eigenvalue weighted by molar-refractivity contribution is 5.80. The number of nitrogens with zero attached hydrogens (tertiary/aromatic N) is 3. The van der Waals surface area contributed by atoms with Crippen molar-refractivity contribution in [2.45, 2.75) is 50.2 Å². The molecule has 0 radical (unpaired) electrons. The first kappa shape index (κ1) is 15.8. The first-order chi connectivity index (χ1) is 10.8. The van der Waals surface area contributed by atoms with Crippen LogP contribution in [0.4, 0.5) is 13.2 Å². The zero-order chi connectivity index (χ0) is 16.8. The number of aromatic nitrogens is 2. The van der Waals surface area contributed by atoms with Gasteiger partial charge in [-0.15, -0.1) is 0 Å². The molecular weight excluding hydrogens is 309 g/mol. The summed E-state index contributed by atoms with van der Waals surface area (Å²) in [4.78, 5) is 14.1. The molecule has 2 aliphatic carbocycles. The van der Waals surface area contributed by atoms with Crippen molar-refractivity contribution in [1.29, 1.82) is 5.26 Å². The summed E-state index contributed by atoms with van der Waals surface area (Å²) in [5.41, 5.74) is -1.15. The Labute approximate surface area is 131 Å². The smallest absolute Gasteiger partial charge is 0.327 e. The van der Waals surface area contributed by atoms with E-state index >= 15 is 0 Å². The van der Waals surface area contributed by atoms with Gasteiger partial charge in [0.2, 0.25) is 5.91 Å². The number of nitrogens with one attached hydrogen (secondary N) is 1. The van der Waals surface area contributed by atoms with Crippen molar-refractivity contribution in [3.8, 4) is 6.07 Å². The third-order valence-corrected chi connectivity index (χ3v) is 5.13. The number of carbonyl (C=O) groups excluding carboxylic acids is 1. The summed E-state index contributed by atoms with van der Waals surface area (Å²) in [7, 11) is 1.58. The Balaban J connectivity index is 1.81. The summed E-state index contributed by atoms with van der Waals surface area (Å²) in [6.07, 6.45) is -1.53. The molecule has 0 bridgehead atoms. The molecule has 0 aliphatic heterocycles. The van der Waals surface area contributed by atoms with Crippen molar-refractivity contribution in [1.82, 2.24) is 15.1 Å². The lowest BCUT2D eigenvalue weighted by Crippen LogP contribution is -2.55. The molecule has 8 heteroatoms. The molecule has 1 atom stereocenters. The number of halogens is 3. The van der Waals surface area contributed by atoms with E-state index in [9.17, 15) is 23.2 Å². The number of H-pyrrole nitrogens is 1. The fourth-order valence-electron chi connectivity index (χ4n) is 3.46. The van der Waals surface area contributed by atoms with Gasteiger partial charge >= 0.3 is 6.18 Å². The standard InChI is InChI=1S/C15H17F3N4O/c1-22(14(8-19)5-2-6-14)13(23)9-3-4-11-10(7-9)12(21-20-11)15(16,17)18/h9H,2-7H2,1H3,(H,20,21). The fraction of sp³-hybridized carbons (Fsp3) is 0.667. The number of hydrogen-bond donors (Lipinski definition) is 1. The number of alkyl halides is 3. The lowest BCUT2D eigenvalue weighted by Gasteiger charge is -2.44. The van der Waals surface area contributed by atoms with E-state index in [0.717, 1.165) is 6.42 Å². The van der Waals surface area contributed by atoms with Crippen LogP contribution in [-0.2, 0) is 23.8 Å². The lowest BCUT2D eigenvalue weighted by atomic mass is 9.75. The SMILES string of the molecule is CN(C(=O)C1CCc2[nH]nc(C(F)(F)F)c2C1)C1(C#N)CCC1. The van der Waals surface area contributed by atoms with Crippen molar-refractivity contribution in [3.63, 3.8) is 0 Å². The van der Waals surface area contributed by atoms with Gasteiger partial charge in [0.15, 0.2) is 5.69 Å². The van der Waals surface area contributed by atoms with E-state index in [0.29, 0.717) is 31.4 Å². The molecule has 23 heavy (non-hydrogen) atoms. The van der Waals surface area contributed by atoms with E-state index in [-0.39, 0.29) is 17.9 Å². The third kappa shape index (κ3) is 2.48. The molecule has 2 aliphatic rings. The second kappa shape index (κ2) is 5.25. The van der Waals surface area contributed by atoms with Crippen molar-refractivity contribution in [3.05, 3.63) is 17.0 Å². The molecule has 5 nitrogen and oxygen atoms in total. The molecule has 1 aromatic rings. The molecule has 0 aromatic carbocycles. The Morgan fingerprint density at radius 2 is 2.17 bits per heavy atom. The number of nitriles is 1. The zero-order valence-electron chi connectivity index (χ0n) is 12.7. The molecule has 3 rings (SSSR count). The maximum atomic E-state index is 13.0. The summed E-state index contributed by atoms with van der Waals surface area (Å²) >= 11 is 0. The Morgan fingerprint density at radius 3 is 2.70 bits per heavy atom. The van der Waals surface area contributed by atoms with Crippen LogP contribution < -0.4 is 0 Å². The summed E-state index contributed by atoms with van der Waals surface area (Å²) in [5.74, 6) is -0.775. The molecule has 1 aromatic heterocycles. The lowest BCUT2D eigenvalue weighted by molar-refractivity contribution is -0.144. The zero-order valence-corrected chi connectivity index (χ0v) is 12.7. The van der Waals surface area contributed by atoms with Gasteiger partial charge in [-0.2, -0.15) is 23.5 Å². The van der Waals surface area contributed by atoms with E-state index < -0.39 is 23.3 Å². The Bertz CT molecular complexity index is 669. The van der Waals surface area contributed by atoms with Crippen molar-refractivity contribution < 1.29 is 18.0 Å². The van der Waals surface area contributed by atoms with Crippen LogP contribution in [0.3, 0.4) is 0 Å². The van der Waals surface area contributed by atoms with E-state index in [1.165, 1.54) is 4.90 Å². The van der Waals surface area contributed by atoms with Gasteiger partial charge in [0.25, 0.3) is 0 Å². The average molecular weight is 326 g/mol. The molecule has 1 unspecified atom stereocenters. The van der Waals surface area contributed by atoms with Crippen LogP contribution in [0.15, 0.2) is 0 Å². The van der Waals surface area contributed by atoms with Crippen LogP contribution >= 0.6 is 0 Å².